The second-order valence-electron chi connectivity index (χ2n) is 15.2. The normalized spacial score (nSPS) is 11.6. The fraction of sp³-hybridized carbons (Fsp3) is 1.00. The second kappa shape index (κ2) is 45.3. The average molecular weight is 666 g/mol. The summed E-state index contributed by atoms with van der Waals surface area (Å²) in [6.45, 7) is 3.18. The van der Waals surface area contributed by atoms with Crippen LogP contribution in [0.25, 0.3) is 0 Å². The number of hydrogen-bond acceptors (Lipinski definition) is 2. The summed E-state index contributed by atoms with van der Waals surface area (Å²) < 4.78 is 0. The van der Waals surface area contributed by atoms with Crippen molar-refractivity contribution in [3.05, 3.63) is 0 Å². The molecule has 0 aliphatic rings. The molecule has 0 aromatic carbocycles. The lowest BCUT2D eigenvalue weighted by Crippen LogP contribution is -1.97. The number of unbranched alkanes of at least 4 members (excludes halogenated alkanes) is 38. The molecule has 1 nitrogen and oxygen atoms in total. The molecule has 0 bridgehead atoms. The molecule has 0 spiro atoms. The molecule has 0 aliphatic carbocycles. The summed E-state index contributed by atoms with van der Waals surface area (Å²) in [6, 6.07) is 0. The molecule has 0 rings (SSSR count). The van der Waals surface area contributed by atoms with E-state index in [9.17, 15) is 0 Å². The molecule has 0 aromatic heterocycles. The molecule has 0 aromatic rings. The van der Waals surface area contributed by atoms with Gasteiger partial charge in [0, 0.05) is 0 Å². The Kier molecular flexibility index (Phi) is 45.6. The SMILES string of the molecule is CCCCCCCCCCCCCCCCCCCCCCSCCCCCCCCCCCCCCCCCCCCCCN. The van der Waals surface area contributed by atoms with Crippen molar-refractivity contribution in [2.45, 2.75) is 264 Å². The van der Waals surface area contributed by atoms with Crippen molar-refractivity contribution in [1.82, 2.24) is 0 Å². The predicted octanol–water partition coefficient (Wildman–Crippen LogP) is 16.3. The van der Waals surface area contributed by atoms with E-state index in [-0.39, 0.29) is 0 Å². The first-order valence-electron chi connectivity index (χ1n) is 22.2. The van der Waals surface area contributed by atoms with Gasteiger partial charge in [0.2, 0.25) is 0 Å². The smallest absolute Gasteiger partial charge is 0.00675 e. The van der Waals surface area contributed by atoms with Crippen LogP contribution in [0, 0.1) is 0 Å². The van der Waals surface area contributed by atoms with Crippen LogP contribution < -0.4 is 5.73 Å². The van der Waals surface area contributed by atoms with Gasteiger partial charge < -0.3 is 5.73 Å². The van der Waals surface area contributed by atoms with Crippen molar-refractivity contribution in [3.63, 3.8) is 0 Å². The maximum Gasteiger partial charge on any atom is -0.00675 e. The largest absolute Gasteiger partial charge is 0.330 e. The van der Waals surface area contributed by atoms with Gasteiger partial charge in [-0.05, 0) is 37.3 Å². The number of rotatable bonds is 43. The molecule has 2 N–H and O–H groups in total. The fourth-order valence-electron chi connectivity index (χ4n) is 7.09. The van der Waals surface area contributed by atoms with Gasteiger partial charge in [0.15, 0.2) is 0 Å². The quantitative estimate of drug-likeness (QED) is 0.0656. The molecule has 0 heterocycles. The minimum absolute atomic E-state index is 0.874. The van der Waals surface area contributed by atoms with Gasteiger partial charge in [0.05, 0.1) is 0 Å². The standard InChI is InChI=1S/C44H91NS/c1-2-3-4-5-6-7-8-9-10-11-12-16-19-22-25-28-31-34-37-40-43-46-44-41-38-35-32-29-26-23-20-17-14-13-15-18-21-24-27-30-33-36-39-42-45/h2-45H2,1H3. The van der Waals surface area contributed by atoms with Crippen molar-refractivity contribution >= 4 is 11.8 Å². The molecule has 0 saturated heterocycles. The summed E-state index contributed by atoms with van der Waals surface area (Å²) in [5.74, 6) is 2.82. The Hall–Kier alpha value is 0.310. The van der Waals surface area contributed by atoms with Crippen molar-refractivity contribution in [2.75, 3.05) is 18.1 Å². The van der Waals surface area contributed by atoms with Gasteiger partial charge in [0.1, 0.15) is 0 Å². The first-order valence-corrected chi connectivity index (χ1v) is 23.3. The molecule has 2 heteroatoms. The monoisotopic (exact) mass is 666 g/mol. The van der Waals surface area contributed by atoms with Gasteiger partial charge >= 0.3 is 0 Å². The maximum absolute atomic E-state index is 5.56. The van der Waals surface area contributed by atoms with E-state index in [0.717, 1.165) is 6.54 Å². The van der Waals surface area contributed by atoms with Crippen LogP contribution in [0.5, 0.6) is 0 Å². The van der Waals surface area contributed by atoms with Crippen LogP contribution in [-0.4, -0.2) is 18.1 Å². The van der Waals surface area contributed by atoms with Crippen molar-refractivity contribution in [2.24, 2.45) is 5.73 Å². The molecule has 278 valence electrons. The van der Waals surface area contributed by atoms with Gasteiger partial charge in [-0.15, -0.1) is 0 Å². The number of nitrogens with two attached hydrogens (primary N) is 1. The highest BCUT2D eigenvalue weighted by Gasteiger charge is 1.98. The summed E-state index contributed by atoms with van der Waals surface area (Å²) in [5.41, 5.74) is 5.56. The van der Waals surface area contributed by atoms with E-state index >= 15 is 0 Å². The van der Waals surface area contributed by atoms with E-state index in [0.29, 0.717) is 0 Å². The van der Waals surface area contributed by atoms with E-state index in [1.807, 2.05) is 0 Å². The lowest BCUT2D eigenvalue weighted by molar-refractivity contribution is 0.522. The topological polar surface area (TPSA) is 26.0 Å². The minimum atomic E-state index is 0.874. The first kappa shape index (κ1) is 46.3. The Labute approximate surface area is 298 Å². The molecule has 0 amide bonds. The highest BCUT2D eigenvalue weighted by molar-refractivity contribution is 7.99. The zero-order valence-electron chi connectivity index (χ0n) is 32.4. The van der Waals surface area contributed by atoms with Crippen LogP contribution in [0.15, 0.2) is 0 Å². The van der Waals surface area contributed by atoms with Crippen LogP contribution in [-0.2, 0) is 0 Å². The summed E-state index contributed by atoms with van der Waals surface area (Å²) in [6.07, 6.45) is 58.5. The van der Waals surface area contributed by atoms with Gasteiger partial charge in [-0.2, -0.15) is 11.8 Å². The third-order valence-corrected chi connectivity index (χ3v) is 11.5. The third-order valence-electron chi connectivity index (χ3n) is 10.4. The highest BCUT2D eigenvalue weighted by Crippen LogP contribution is 2.18. The van der Waals surface area contributed by atoms with E-state index in [1.54, 1.807) is 0 Å². The Morgan fingerprint density at radius 3 is 0.609 bits per heavy atom. The van der Waals surface area contributed by atoms with Crippen LogP contribution in [0.1, 0.15) is 264 Å². The lowest BCUT2D eigenvalue weighted by Gasteiger charge is -2.05. The van der Waals surface area contributed by atoms with E-state index in [4.69, 9.17) is 5.73 Å². The molecule has 0 fully saturated rings. The third kappa shape index (κ3) is 44.3. The Morgan fingerprint density at radius 1 is 0.239 bits per heavy atom. The molecule has 46 heavy (non-hydrogen) atoms. The molecule has 0 atom stereocenters. The van der Waals surface area contributed by atoms with Crippen molar-refractivity contribution in [3.8, 4) is 0 Å². The Morgan fingerprint density at radius 2 is 0.413 bits per heavy atom. The molecule has 0 unspecified atom stereocenters. The molecule has 0 aliphatic heterocycles. The number of hydrogen-bond donors (Lipinski definition) is 1. The molecule has 0 saturated carbocycles. The van der Waals surface area contributed by atoms with Crippen LogP contribution in [0.3, 0.4) is 0 Å². The molecular formula is C44H91NS. The van der Waals surface area contributed by atoms with E-state index in [2.05, 4.69) is 18.7 Å². The van der Waals surface area contributed by atoms with E-state index in [1.165, 1.54) is 268 Å². The zero-order chi connectivity index (χ0) is 33.1. The average Bonchev–Trinajstić information content (AvgIpc) is 3.07. The van der Waals surface area contributed by atoms with E-state index < -0.39 is 0 Å². The zero-order valence-corrected chi connectivity index (χ0v) is 33.2. The lowest BCUT2D eigenvalue weighted by atomic mass is 10.0. The van der Waals surface area contributed by atoms with Gasteiger partial charge in [-0.3, -0.25) is 0 Å². The van der Waals surface area contributed by atoms with Crippen LogP contribution >= 0.6 is 11.8 Å². The second-order valence-corrected chi connectivity index (χ2v) is 16.4. The van der Waals surface area contributed by atoms with Gasteiger partial charge in [-0.25, -0.2) is 0 Å². The summed E-state index contributed by atoms with van der Waals surface area (Å²) in [7, 11) is 0. The summed E-state index contributed by atoms with van der Waals surface area (Å²) >= 11 is 2.23. The number of thioether (sulfide) groups is 1. The summed E-state index contributed by atoms with van der Waals surface area (Å²) in [5, 5.41) is 0. The predicted molar refractivity (Wildman–Crippen MR) is 217 cm³/mol. The Balaban J connectivity index is 3.03. The van der Waals surface area contributed by atoms with Crippen LogP contribution in [0.4, 0.5) is 0 Å². The first-order chi connectivity index (χ1) is 22.9. The molecule has 0 radical (unpaired) electrons. The Bertz CT molecular complexity index is 450. The molecular weight excluding hydrogens is 575 g/mol. The highest BCUT2D eigenvalue weighted by atomic mass is 32.2. The van der Waals surface area contributed by atoms with Crippen LogP contribution in [0.2, 0.25) is 0 Å². The van der Waals surface area contributed by atoms with Crippen molar-refractivity contribution < 1.29 is 0 Å². The summed E-state index contributed by atoms with van der Waals surface area (Å²) in [4.78, 5) is 0. The fourth-order valence-corrected chi connectivity index (χ4v) is 8.11. The minimum Gasteiger partial charge on any atom is -0.330 e. The maximum atomic E-state index is 5.56. The van der Waals surface area contributed by atoms with Gasteiger partial charge in [0.25, 0.3) is 0 Å². The van der Waals surface area contributed by atoms with Crippen molar-refractivity contribution in [1.29, 1.82) is 0 Å². The van der Waals surface area contributed by atoms with Gasteiger partial charge in [-0.1, -0.05) is 244 Å².